The Bertz CT molecular complexity index is 595. The molecule has 1 rings (SSSR count). The first-order valence-electron chi connectivity index (χ1n) is 8.17. The van der Waals surface area contributed by atoms with E-state index in [-0.39, 0.29) is 0 Å². The highest BCUT2D eigenvalue weighted by molar-refractivity contribution is 5.97. The molecule has 0 spiro atoms. The molecule has 0 aliphatic heterocycles. The number of hydrogen-bond donors (Lipinski definition) is 2. The number of carbonyl (C=O) groups excluding carboxylic acids is 3. The maximum Gasteiger partial charge on any atom is 0.348 e. The number of rotatable bonds is 6. The van der Waals surface area contributed by atoms with Crippen LogP contribution < -0.4 is 15.4 Å². The van der Waals surface area contributed by atoms with E-state index in [0.717, 1.165) is 0 Å². The molecule has 0 radical (unpaired) electrons. The van der Waals surface area contributed by atoms with Crippen LogP contribution in [0.15, 0.2) is 30.3 Å². The van der Waals surface area contributed by atoms with Crippen molar-refractivity contribution in [1.82, 2.24) is 10.6 Å². The summed E-state index contributed by atoms with van der Waals surface area (Å²) in [4.78, 5) is 35.8. The van der Waals surface area contributed by atoms with Crippen LogP contribution in [-0.2, 0) is 14.3 Å². The molecule has 3 amide bonds. The predicted molar refractivity (Wildman–Crippen MR) is 93.1 cm³/mol. The zero-order chi connectivity index (χ0) is 19.0. The molecule has 0 heterocycles. The Morgan fingerprint density at radius 2 is 1.72 bits per heavy atom. The summed E-state index contributed by atoms with van der Waals surface area (Å²) in [7, 11) is 0. The summed E-state index contributed by atoms with van der Waals surface area (Å²) >= 11 is 0. The minimum absolute atomic E-state index is 0.382. The molecule has 0 aliphatic rings. The lowest BCUT2D eigenvalue weighted by Crippen LogP contribution is -2.51. The van der Waals surface area contributed by atoms with Gasteiger partial charge in [0.1, 0.15) is 5.75 Å². The summed E-state index contributed by atoms with van der Waals surface area (Å²) in [5.41, 5.74) is -0.485. The van der Waals surface area contributed by atoms with Crippen LogP contribution in [0.1, 0.15) is 41.0 Å². The lowest BCUT2D eigenvalue weighted by atomic mass is 10.1. The number of benzene rings is 1. The maximum atomic E-state index is 12.2. The molecule has 7 nitrogen and oxygen atoms in total. The van der Waals surface area contributed by atoms with Crippen LogP contribution in [0, 0.1) is 0 Å². The molecule has 0 aromatic heterocycles. The minimum Gasteiger partial charge on any atom is -0.479 e. The highest BCUT2D eigenvalue weighted by Gasteiger charge is 2.26. The van der Waals surface area contributed by atoms with Crippen LogP contribution in [0.3, 0.4) is 0 Å². The number of nitrogens with one attached hydrogen (secondary N) is 2. The third kappa shape index (κ3) is 7.69. The van der Waals surface area contributed by atoms with E-state index in [1.165, 1.54) is 6.92 Å². The van der Waals surface area contributed by atoms with Gasteiger partial charge in [0, 0.05) is 5.54 Å². The fourth-order valence-electron chi connectivity index (χ4n) is 1.85. The van der Waals surface area contributed by atoms with E-state index in [1.807, 2.05) is 6.07 Å². The molecule has 0 fully saturated rings. The van der Waals surface area contributed by atoms with Crippen LogP contribution in [-0.4, -0.2) is 35.7 Å². The summed E-state index contributed by atoms with van der Waals surface area (Å²) in [6.07, 6.45) is -1.57. The Morgan fingerprint density at radius 3 is 2.24 bits per heavy atom. The molecule has 0 saturated heterocycles. The Morgan fingerprint density at radius 1 is 1.12 bits per heavy atom. The molecule has 0 bridgehead atoms. The van der Waals surface area contributed by atoms with E-state index < -0.39 is 35.7 Å². The van der Waals surface area contributed by atoms with Crippen LogP contribution in [0.25, 0.3) is 0 Å². The summed E-state index contributed by atoms with van der Waals surface area (Å²) in [6.45, 7) is 8.52. The van der Waals surface area contributed by atoms with E-state index in [1.54, 1.807) is 52.0 Å². The van der Waals surface area contributed by atoms with Gasteiger partial charge in [-0.15, -0.1) is 0 Å². The molecule has 2 atom stereocenters. The van der Waals surface area contributed by atoms with E-state index in [9.17, 15) is 14.4 Å². The van der Waals surface area contributed by atoms with Gasteiger partial charge < -0.3 is 14.8 Å². The van der Waals surface area contributed by atoms with Crippen LogP contribution in [0.2, 0.25) is 0 Å². The van der Waals surface area contributed by atoms with Gasteiger partial charge in [-0.3, -0.25) is 10.1 Å². The minimum atomic E-state index is -1.12. The van der Waals surface area contributed by atoms with Gasteiger partial charge in [-0.2, -0.15) is 0 Å². The smallest absolute Gasteiger partial charge is 0.348 e. The number of esters is 1. The standard InChI is InChI=1S/C18H26N2O5/c1-6-14(25-13-10-8-7-9-11-13)16(22)24-12(2)15(21)19-17(23)20-18(3,4)5/h7-12,14H,6H2,1-5H3,(H2,19,20,21,23)/t12-,14+/m1/s1. The van der Waals surface area contributed by atoms with Crippen LogP contribution in [0.5, 0.6) is 5.75 Å². The molecule has 0 saturated carbocycles. The first-order chi connectivity index (χ1) is 11.6. The molecule has 1 aromatic carbocycles. The van der Waals surface area contributed by atoms with Gasteiger partial charge in [0.2, 0.25) is 0 Å². The molecular formula is C18H26N2O5. The third-order valence-electron chi connectivity index (χ3n) is 3.04. The van der Waals surface area contributed by atoms with Crippen LogP contribution >= 0.6 is 0 Å². The lowest BCUT2D eigenvalue weighted by molar-refractivity contribution is -0.161. The van der Waals surface area contributed by atoms with Crippen molar-refractivity contribution in [2.75, 3.05) is 0 Å². The zero-order valence-electron chi connectivity index (χ0n) is 15.3. The highest BCUT2D eigenvalue weighted by Crippen LogP contribution is 2.14. The van der Waals surface area contributed by atoms with Gasteiger partial charge in [-0.25, -0.2) is 9.59 Å². The first kappa shape index (κ1) is 20.5. The molecule has 25 heavy (non-hydrogen) atoms. The molecular weight excluding hydrogens is 324 g/mol. The second-order valence-corrected chi connectivity index (χ2v) is 6.60. The SMILES string of the molecule is CC[C@H](Oc1ccccc1)C(=O)O[C@H](C)C(=O)NC(=O)NC(C)(C)C. The van der Waals surface area contributed by atoms with Crippen molar-refractivity contribution in [1.29, 1.82) is 0 Å². The van der Waals surface area contributed by atoms with Gasteiger partial charge in [-0.1, -0.05) is 25.1 Å². The normalized spacial score (nSPS) is 13.3. The average molecular weight is 350 g/mol. The fourth-order valence-corrected chi connectivity index (χ4v) is 1.85. The molecule has 0 unspecified atom stereocenters. The van der Waals surface area contributed by atoms with E-state index >= 15 is 0 Å². The quantitative estimate of drug-likeness (QED) is 0.769. The van der Waals surface area contributed by atoms with Gasteiger partial charge in [0.05, 0.1) is 0 Å². The molecule has 7 heteroatoms. The highest BCUT2D eigenvalue weighted by atomic mass is 16.6. The summed E-state index contributed by atoms with van der Waals surface area (Å²) in [6, 6.07) is 8.22. The second kappa shape index (κ2) is 9.05. The van der Waals surface area contributed by atoms with Gasteiger partial charge in [0.15, 0.2) is 12.2 Å². The number of imide groups is 1. The monoisotopic (exact) mass is 350 g/mol. The topological polar surface area (TPSA) is 93.7 Å². The van der Waals surface area contributed by atoms with E-state index in [2.05, 4.69) is 10.6 Å². The Balaban J connectivity index is 2.55. The van der Waals surface area contributed by atoms with E-state index in [4.69, 9.17) is 9.47 Å². The average Bonchev–Trinajstić information content (AvgIpc) is 2.51. The number of urea groups is 1. The van der Waals surface area contributed by atoms with Gasteiger partial charge in [0.25, 0.3) is 5.91 Å². The number of hydrogen-bond acceptors (Lipinski definition) is 5. The number of amides is 3. The van der Waals surface area contributed by atoms with Gasteiger partial charge >= 0.3 is 12.0 Å². The van der Waals surface area contributed by atoms with Gasteiger partial charge in [-0.05, 0) is 46.2 Å². The van der Waals surface area contributed by atoms with Crippen molar-refractivity contribution < 1.29 is 23.9 Å². The van der Waals surface area contributed by atoms with Crippen molar-refractivity contribution in [3.63, 3.8) is 0 Å². The van der Waals surface area contributed by atoms with Crippen molar-refractivity contribution in [3.05, 3.63) is 30.3 Å². The number of carbonyl (C=O) groups is 3. The zero-order valence-corrected chi connectivity index (χ0v) is 15.3. The molecule has 0 aliphatic carbocycles. The maximum absolute atomic E-state index is 12.2. The molecule has 1 aromatic rings. The van der Waals surface area contributed by atoms with E-state index in [0.29, 0.717) is 12.2 Å². The number of ether oxygens (including phenoxy) is 2. The van der Waals surface area contributed by atoms with Crippen molar-refractivity contribution in [2.24, 2.45) is 0 Å². The predicted octanol–water partition coefficient (Wildman–Crippen LogP) is 2.40. The number of para-hydroxylation sites is 1. The second-order valence-electron chi connectivity index (χ2n) is 6.60. The Hall–Kier alpha value is -2.57. The van der Waals surface area contributed by atoms with Crippen LogP contribution in [0.4, 0.5) is 4.79 Å². The Labute approximate surface area is 148 Å². The van der Waals surface area contributed by atoms with Crippen molar-refractivity contribution >= 4 is 17.9 Å². The lowest BCUT2D eigenvalue weighted by Gasteiger charge is -2.22. The summed E-state index contributed by atoms with van der Waals surface area (Å²) in [5.74, 6) is -0.831. The molecule has 138 valence electrons. The summed E-state index contributed by atoms with van der Waals surface area (Å²) < 4.78 is 10.7. The van der Waals surface area contributed by atoms with Crippen molar-refractivity contribution in [2.45, 2.75) is 58.8 Å². The first-order valence-corrected chi connectivity index (χ1v) is 8.17. The molecule has 2 N–H and O–H groups in total. The fraction of sp³-hybridized carbons (Fsp3) is 0.500. The third-order valence-corrected chi connectivity index (χ3v) is 3.04. The largest absolute Gasteiger partial charge is 0.479 e. The Kier molecular flexibility index (Phi) is 7.42. The summed E-state index contributed by atoms with van der Waals surface area (Å²) in [5, 5.41) is 4.73. The van der Waals surface area contributed by atoms with Crippen molar-refractivity contribution in [3.8, 4) is 5.75 Å².